The van der Waals surface area contributed by atoms with E-state index in [1.807, 2.05) is 6.92 Å². The first-order chi connectivity index (χ1) is 10.0. The third-order valence-electron chi connectivity index (χ3n) is 3.19. The van der Waals surface area contributed by atoms with Gasteiger partial charge in [0.2, 0.25) is 0 Å². The van der Waals surface area contributed by atoms with Gasteiger partial charge in [-0.05, 0) is 24.6 Å². The maximum Gasteiger partial charge on any atom is 0.274 e. The van der Waals surface area contributed by atoms with Gasteiger partial charge in [0.1, 0.15) is 5.82 Å². The van der Waals surface area contributed by atoms with Crippen molar-refractivity contribution in [2.45, 2.75) is 19.9 Å². The van der Waals surface area contributed by atoms with Gasteiger partial charge in [0.05, 0.1) is 4.92 Å². The van der Waals surface area contributed by atoms with Crippen LogP contribution in [-0.4, -0.2) is 4.92 Å². The summed E-state index contributed by atoms with van der Waals surface area (Å²) in [5, 5.41) is 14.3. The molecule has 0 atom stereocenters. The Hall–Kier alpha value is -2.14. The molecule has 6 heteroatoms. The number of nitrogens with zero attached hydrogens (tertiary/aromatic N) is 1. The SMILES string of the molecule is CCc1ccc(NCc2c(F)cccc2Cl)cc1[N+](=O)[O-]. The first-order valence-electron chi connectivity index (χ1n) is 6.47. The van der Waals surface area contributed by atoms with Crippen LogP contribution in [0.15, 0.2) is 36.4 Å². The lowest BCUT2D eigenvalue weighted by molar-refractivity contribution is -0.385. The van der Waals surface area contributed by atoms with E-state index in [1.165, 1.54) is 18.2 Å². The molecule has 0 aliphatic rings. The zero-order valence-corrected chi connectivity index (χ0v) is 12.2. The molecule has 0 unspecified atom stereocenters. The zero-order chi connectivity index (χ0) is 15.4. The summed E-state index contributed by atoms with van der Waals surface area (Å²) in [4.78, 5) is 10.6. The fourth-order valence-electron chi connectivity index (χ4n) is 2.03. The van der Waals surface area contributed by atoms with Crippen LogP contribution >= 0.6 is 11.6 Å². The highest BCUT2D eigenvalue weighted by Crippen LogP contribution is 2.25. The van der Waals surface area contributed by atoms with Crippen LogP contribution in [0.5, 0.6) is 0 Å². The minimum Gasteiger partial charge on any atom is -0.381 e. The smallest absolute Gasteiger partial charge is 0.274 e. The van der Waals surface area contributed by atoms with Gasteiger partial charge in [-0.2, -0.15) is 0 Å². The highest BCUT2D eigenvalue weighted by atomic mass is 35.5. The molecule has 21 heavy (non-hydrogen) atoms. The van der Waals surface area contributed by atoms with Crippen molar-refractivity contribution in [1.82, 2.24) is 0 Å². The summed E-state index contributed by atoms with van der Waals surface area (Å²) < 4.78 is 13.6. The molecule has 0 saturated heterocycles. The number of aryl methyl sites for hydroxylation is 1. The largest absolute Gasteiger partial charge is 0.381 e. The Morgan fingerprint density at radius 2 is 2.10 bits per heavy atom. The molecule has 0 heterocycles. The third-order valence-corrected chi connectivity index (χ3v) is 3.55. The first kappa shape index (κ1) is 15.3. The van der Waals surface area contributed by atoms with Gasteiger partial charge in [0, 0.05) is 34.4 Å². The Kier molecular flexibility index (Phi) is 4.75. The molecule has 2 aromatic carbocycles. The lowest BCUT2D eigenvalue weighted by Crippen LogP contribution is -2.04. The molecule has 2 rings (SSSR count). The van der Waals surface area contributed by atoms with E-state index in [2.05, 4.69) is 5.32 Å². The third kappa shape index (κ3) is 3.49. The maximum atomic E-state index is 13.6. The maximum absolute atomic E-state index is 13.6. The topological polar surface area (TPSA) is 55.2 Å². The predicted molar refractivity (Wildman–Crippen MR) is 81.2 cm³/mol. The van der Waals surface area contributed by atoms with Gasteiger partial charge < -0.3 is 5.32 Å². The normalized spacial score (nSPS) is 10.4. The molecule has 0 aliphatic heterocycles. The molecule has 0 spiro atoms. The fourth-order valence-corrected chi connectivity index (χ4v) is 2.26. The van der Waals surface area contributed by atoms with Crippen LogP contribution in [0.4, 0.5) is 15.8 Å². The number of rotatable bonds is 5. The zero-order valence-electron chi connectivity index (χ0n) is 11.4. The summed E-state index contributed by atoms with van der Waals surface area (Å²) >= 11 is 5.94. The quantitative estimate of drug-likeness (QED) is 0.650. The summed E-state index contributed by atoms with van der Waals surface area (Å²) in [6.45, 7) is 2.02. The Labute approximate surface area is 126 Å². The van der Waals surface area contributed by atoms with Crippen molar-refractivity contribution < 1.29 is 9.31 Å². The van der Waals surface area contributed by atoms with Crippen molar-refractivity contribution in [3.63, 3.8) is 0 Å². The molecule has 0 fully saturated rings. The van der Waals surface area contributed by atoms with Crippen molar-refractivity contribution in [2.75, 3.05) is 5.32 Å². The molecule has 0 saturated carbocycles. The van der Waals surface area contributed by atoms with Crippen molar-refractivity contribution in [2.24, 2.45) is 0 Å². The minimum atomic E-state index is -0.417. The number of hydrogen-bond acceptors (Lipinski definition) is 3. The second-order valence-corrected chi connectivity index (χ2v) is 4.92. The molecule has 0 aromatic heterocycles. The van der Waals surface area contributed by atoms with E-state index in [4.69, 9.17) is 11.6 Å². The molecule has 0 aliphatic carbocycles. The number of hydrogen-bond donors (Lipinski definition) is 1. The van der Waals surface area contributed by atoms with Crippen LogP contribution in [0, 0.1) is 15.9 Å². The summed E-state index contributed by atoms with van der Waals surface area (Å²) in [5.74, 6) is -0.408. The van der Waals surface area contributed by atoms with Gasteiger partial charge in [-0.15, -0.1) is 0 Å². The lowest BCUT2D eigenvalue weighted by Gasteiger charge is -2.10. The van der Waals surface area contributed by atoms with Crippen molar-refractivity contribution in [1.29, 1.82) is 0 Å². The van der Waals surface area contributed by atoms with Gasteiger partial charge in [-0.25, -0.2) is 4.39 Å². The van der Waals surface area contributed by atoms with E-state index < -0.39 is 10.7 Å². The van der Waals surface area contributed by atoms with Crippen molar-refractivity contribution in [3.8, 4) is 0 Å². The van der Waals surface area contributed by atoms with Crippen LogP contribution in [0.1, 0.15) is 18.1 Å². The van der Waals surface area contributed by atoms with Crippen LogP contribution in [-0.2, 0) is 13.0 Å². The molecule has 1 N–H and O–H groups in total. The number of halogens is 2. The van der Waals surface area contributed by atoms with Crippen molar-refractivity contribution in [3.05, 3.63) is 68.5 Å². The monoisotopic (exact) mass is 308 g/mol. The Morgan fingerprint density at radius 1 is 1.33 bits per heavy atom. The molecule has 2 aromatic rings. The number of benzene rings is 2. The van der Waals surface area contributed by atoms with Gasteiger partial charge >= 0.3 is 0 Å². The van der Waals surface area contributed by atoms with E-state index in [9.17, 15) is 14.5 Å². The van der Waals surface area contributed by atoms with Gasteiger partial charge in [0.25, 0.3) is 5.69 Å². The summed E-state index contributed by atoms with van der Waals surface area (Å²) in [6.07, 6.45) is 0.579. The van der Waals surface area contributed by atoms with E-state index in [0.717, 1.165) is 0 Å². The Bertz CT molecular complexity index is 656. The number of anilines is 1. The predicted octanol–water partition coefficient (Wildman–Crippen LogP) is 4.56. The molecular formula is C15H14ClFN2O2. The highest BCUT2D eigenvalue weighted by Gasteiger charge is 2.13. The fraction of sp³-hybridized carbons (Fsp3) is 0.200. The number of nitrogens with one attached hydrogen (secondary N) is 1. The second-order valence-electron chi connectivity index (χ2n) is 4.51. The number of nitro benzene ring substituents is 1. The van der Waals surface area contributed by atoms with Crippen molar-refractivity contribution >= 4 is 23.0 Å². The van der Waals surface area contributed by atoms with Crippen LogP contribution < -0.4 is 5.32 Å². The standard InChI is InChI=1S/C15H14ClFN2O2/c1-2-10-6-7-11(8-15(10)19(20)21)18-9-12-13(16)4-3-5-14(12)17/h3-8,18H,2,9H2,1H3. The molecule has 0 bridgehead atoms. The van der Waals surface area contributed by atoms with Gasteiger partial charge in [-0.3, -0.25) is 10.1 Å². The van der Waals surface area contributed by atoms with Gasteiger partial charge in [0.15, 0.2) is 0 Å². The average Bonchev–Trinajstić information content (AvgIpc) is 2.46. The highest BCUT2D eigenvalue weighted by molar-refractivity contribution is 6.31. The average molecular weight is 309 g/mol. The molecular weight excluding hydrogens is 295 g/mol. The van der Waals surface area contributed by atoms with E-state index in [1.54, 1.807) is 18.2 Å². The van der Waals surface area contributed by atoms with Crippen LogP contribution in [0.25, 0.3) is 0 Å². The molecule has 0 amide bonds. The van der Waals surface area contributed by atoms with E-state index >= 15 is 0 Å². The molecule has 4 nitrogen and oxygen atoms in total. The number of nitro groups is 1. The summed E-state index contributed by atoms with van der Waals surface area (Å²) in [7, 11) is 0. The minimum absolute atomic E-state index is 0.0575. The second kappa shape index (κ2) is 6.54. The Balaban J connectivity index is 2.21. The molecule has 110 valence electrons. The van der Waals surface area contributed by atoms with Crippen LogP contribution in [0.2, 0.25) is 5.02 Å². The van der Waals surface area contributed by atoms with E-state index in [-0.39, 0.29) is 12.2 Å². The lowest BCUT2D eigenvalue weighted by atomic mass is 10.1. The summed E-state index contributed by atoms with van der Waals surface area (Å²) in [5.41, 5.74) is 1.61. The first-order valence-corrected chi connectivity index (χ1v) is 6.84. The van der Waals surface area contributed by atoms with Gasteiger partial charge in [-0.1, -0.05) is 30.7 Å². The Morgan fingerprint density at radius 3 is 2.71 bits per heavy atom. The summed E-state index contributed by atoms with van der Waals surface area (Å²) in [6, 6.07) is 9.34. The molecule has 0 radical (unpaired) electrons. The van der Waals surface area contributed by atoms with E-state index in [0.29, 0.717) is 28.3 Å². The van der Waals surface area contributed by atoms with Crippen LogP contribution in [0.3, 0.4) is 0 Å².